The molecular weight excluding hydrogens is 298 g/mol. The summed E-state index contributed by atoms with van der Waals surface area (Å²) in [6, 6.07) is 0. The van der Waals surface area contributed by atoms with Crippen LogP contribution < -0.4 is 4.90 Å². The number of rotatable bonds is 3. The van der Waals surface area contributed by atoms with Gasteiger partial charge in [0.25, 0.3) is 0 Å². The standard InChI is InChI=1S/C15H19N5OS/c1-10-16-6-12-4-5-20(8-14(12)17-10)7-13-9-22-15(18-13)19(3)11(2)21/h6,9H,4-5,7-8H2,1-3H3. The number of fused-ring (bicyclic) bond motifs is 1. The van der Waals surface area contributed by atoms with Gasteiger partial charge in [-0.3, -0.25) is 14.6 Å². The Morgan fingerprint density at radius 3 is 3.05 bits per heavy atom. The number of nitrogens with zero attached hydrogens (tertiary/aromatic N) is 5. The minimum Gasteiger partial charge on any atom is -0.292 e. The van der Waals surface area contributed by atoms with Crippen LogP contribution in [0.25, 0.3) is 0 Å². The van der Waals surface area contributed by atoms with Crippen LogP contribution in [-0.4, -0.2) is 39.4 Å². The summed E-state index contributed by atoms with van der Waals surface area (Å²) in [5.74, 6) is 0.819. The first-order valence-electron chi connectivity index (χ1n) is 7.25. The van der Waals surface area contributed by atoms with Crippen molar-refractivity contribution in [2.45, 2.75) is 33.4 Å². The molecule has 0 aromatic carbocycles. The van der Waals surface area contributed by atoms with Gasteiger partial charge in [0.2, 0.25) is 5.91 Å². The van der Waals surface area contributed by atoms with Crippen LogP contribution in [0, 0.1) is 6.92 Å². The third-order valence-corrected chi connectivity index (χ3v) is 4.80. The molecule has 2 aromatic rings. The minimum atomic E-state index is -0.0000231. The number of thiazole rings is 1. The van der Waals surface area contributed by atoms with E-state index in [1.165, 1.54) is 16.9 Å². The van der Waals surface area contributed by atoms with E-state index in [0.717, 1.165) is 48.4 Å². The first-order chi connectivity index (χ1) is 10.5. The maximum Gasteiger partial charge on any atom is 0.225 e. The highest BCUT2D eigenvalue weighted by Gasteiger charge is 2.19. The van der Waals surface area contributed by atoms with Gasteiger partial charge in [0.05, 0.1) is 11.4 Å². The van der Waals surface area contributed by atoms with Crippen LogP contribution >= 0.6 is 11.3 Å². The Kier molecular flexibility index (Phi) is 4.17. The largest absolute Gasteiger partial charge is 0.292 e. The van der Waals surface area contributed by atoms with E-state index in [1.807, 2.05) is 18.5 Å². The van der Waals surface area contributed by atoms with Crippen molar-refractivity contribution in [3.8, 4) is 0 Å². The monoisotopic (exact) mass is 317 g/mol. The molecule has 0 aliphatic carbocycles. The second kappa shape index (κ2) is 6.10. The molecule has 0 fully saturated rings. The lowest BCUT2D eigenvalue weighted by Gasteiger charge is -2.27. The highest BCUT2D eigenvalue weighted by molar-refractivity contribution is 7.14. The predicted molar refractivity (Wildman–Crippen MR) is 85.8 cm³/mol. The lowest BCUT2D eigenvalue weighted by molar-refractivity contribution is -0.116. The number of carbonyl (C=O) groups is 1. The quantitative estimate of drug-likeness (QED) is 0.863. The summed E-state index contributed by atoms with van der Waals surface area (Å²) in [4.78, 5) is 28.6. The van der Waals surface area contributed by atoms with E-state index in [1.54, 1.807) is 18.9 Å². The number of anilines is 1. The lowest BCUT2D eigenvalue weighted by atomic mass is 10.1. The van der Waals surface area contributed by atoms with Crippen LogP contribution in [0.4, 0.5) is 5.13 Å². The van der Waals surface area contributed by atoms with E-state index in [9.17, 15) is 4.79 Å². The van der Waals surface area contributed by atoms with Crippen LogP contribution in [0.5, 0.6) is 0 Å². The van der Waals surface area contributed by atoms with Gasteiger partial charge in [0.15, 0.2) is 5.13 Å². The molecule has 1 amide bonds. The van der Waals surface area contributed by atoms with Crippen molar-refractivity contribution in [1.82, 2.24) is 19.9 Å². The maximum atomic E-state index is 11.4. The molecule has 3 rings (SSSR count). The summed E-state index contributed by atoms with van der Waals surface area (Å²) >= 11 is 1.50. The molecule has 0 radical (unpaired) electrons. The van der Waals surface area contributed by atoms with E-state index in [2.05, 4.69) is 19.9 Å². The van der Waals surface area contributed by atoms with Crippen LogP contribution in [-0.2, 0) is 24.3 Å². The molecule has 1 aliphatic heterocycles. The molecule has 2 aromatic heterocycles. The summed E-state index contributed by atoms with van der Waals surface area (Å²) in [7, 11) is 1.75. The fraction of sp³-hybridized carbons (Fsp3) is 0.467. The van der Waals surface area contributed by atoms with Gasteiger partial charge in [-0.05, 0) is 18.9 Å². The van der Waals surface area contributed by atoms with Gasteiger partial charge in [-0.2, -0.15) is 0 Å². The SMILES string of the molecule is CC(=O)N(C)c1nc(CN2CCc3cnc(C)nc3C2)cs1. The maximum absolute atomic E-state index is 11.4. The van der Waals surface area contributed by atoms with Crippen molar-refractivity contribution >= 4 is 22.4 Å². The van der Waals surface area contributed by atoms with Crippen molar-refractivity contribution in [2.75, 3.05) is 18.5 Å². The molecule has 3 heterocycles. The molecule has 7 heteroatoms. The zero-order valence-corrected chi connectivity index (χ0v) is 13.9. The Labute approximate surface area is 133 Å². The summed E-state index contributed by atoms with van der Waals surface area (Å²) in [6.45, 7) is 6.06. The topological polar surface area (TPSA) is 62.2 Å². The fourth-order valence-corrected chi connectivity index (χ4v) is 3.30. The van der Waals surface area contributed by atoms with Crippen molar-refractivity contribution in [2.24, 2.45) is 0 Å². The number of amides is 1. The van der Waals surface area contributed by atoms with Crippen LogP contribution in [0.3, 0.4) is 0 Å². The minimum absolute atomic E-state index is 0.0000231. The number of aryl methyl sites for hydroxylation is 1. The van der Waals surface area contributed by atoms with E-state index in [0.29, 0.717) is 0 Å². The van der Waals surface area contributed by atoms with Gasteiger partial charge in [-0.15, -0.1) is 11.3 Å². The zero-order chi connectivity index (χ0) is 15.7. The molecule has 1 aliphatic rings. The van der Waals surface area contributed by atoms with Crippen molar-refractivity contribution < 1.29 is 4.79 Å². The highest BCUT2D eigenvalue weighted by atomic mass is 32.1. The van der Waals surface area contributed by atoms with Crippen LogP contribution in [0.15, 0.2) is 11.6 Å². The summed E-state index contributed by atoms with van der Waals surface area (Å²) in [5.41, 5.74) is 3.37. The van der Waals surface area contributed by atoms with Gasteiger partial charge >= 0.3 is 0 Å². The van der Waals surface area contributed by atoms with E-state index in [-0.39, 0.29) is 5.91 Å². The van der Waals surface area contributed by atoms with E-state index >= 15 is 0 Å². The first-order valence-corrected chi connectivity index (χ1v) is 8.13. The van der Waals surface area contributed by atoms with Gasteiger partial charge in [-0.25, -0.2) is 15.0 Å². The second-order valence-electron chi connectivity index (χ2n) is 5.55. The molecule has 0 atom stereocenters. The van der Waals surface area contributed by atoms with Gasteiger partial charge < -0.3 is 0 Å². The second-order valence-corrected chi connectivity index (χ2v) is 6.39. The van der Waals surface area contributed by atoms with Gasteiger partial charge in [0.1, 0.15) is 5.82 Å². The third kappa shape index (κ3) is 3.15. The van der Waals surface area contributed by atoms with E-state index in [4.69, 9.17) is 0 Å². The lowest BCUT2D eigenvalue weighted by Crippen LogP contribution is -2.31. The predicted octanol–water partition coefficient (Wildman–Crippen LogP) is 1.78. The molecular formula is C15H19N5OS. The average molecular weight is 317 g/mol. The number of carbonyl (C=O) groups excluding carboxylic acids is 1. The Morgan fingerprint density at radius 2 is 2.27 bits per heavy atom. The number of hydrogen-bond donors (Lipinski definition) is 0. The average Bonchev–Trinajstić information content (AvgIpc) is 2.94. The molecule has 6 nitrogen and oxygen atoms in total. The molecule has 22 heavy (non-hydrogen) atoms. The molecule has 0 saturated carbocycles. The first kappa shape index (κ1) is 15.1. The van der Waals surface area contributed by atoms with Gasteiger partial charge in [-0.1, -0.05) is 0 Å². The molecule has 0 bridgehead atoms. The highest BCUT2D eigenvalue weighted by Crippen LogP contribution is 2.23. The molecule has 0 unspecified atom stereocenters. The smallest absolute Gasteiger partial charge is 0.225 e. The Morgan fingerprint density at radius 1 is 1.45 bits per heavy atom. The normalized spacial score (nSPS) is 14.7. The Bertz CT molecular complexity index is 699. The van der Waals surface area contributed by atoms with Crippen LogP contribution in [0.1, 0.15) is 29.7 Å². The molecule has 0 saturated heterocycles. The van der Waals surface area contributed by atoms with Crippen molar-refractivity contribution in [3.05, 3.63) is 34.4 Å². The van der Waals surface area contributed by atoms with Gasteiger partial charge in [0, 0.05) is 45.2 Å². The van der Waals surface area contributed by atoms with E-state index < -0.39 is 0 Å². The third-order valence-electron chi connectivity index (χ3n) is 3.83. The van der Waals surface area contributed by atoms with Crippen LogP contribution in [0.2, 0.25) is 0 Å². The number of hydrogen-bond acceptors (Lipinski definition) is 6. The summed E-state index contributed by atoms with van der Waals surface area (Å²) in [5, 5.41) is 2.77. The molecule has 0 N–H and O–H groups in total. The zero-order valence-electron chi connectivity index (χ0n) is 13.0. The van der Waals surface area contributed by atoms with Crippen molar-refractivity contribution in [3.63, 3.8) is 0 Å². The molecule has 116 valence electrons. The number of aromatic nitrogens is 3. The Balaban J connectivity index is 1.69. The summed E-state index contributed by atoms with van der Waals surface area (Å²) < 4.78 is 0. The molecule has 0 spiro atoms. The Hall–Kier alpha value is -1.86. The van der Waals surface area contributed by atoms with Crippen molar-refractivity contribution in [1.29, 1.82) is 0 Å². The summed E-state index contributed by atoms with van der Waals surface area (Å²) in [6.07, 6.45) is 2.91. The fourth-order valence-electron chi connectivity index (χ4n) is 2.48.